The van der Waals surface area contributed by atoms with Crippen molar-refractivity contribution in [3.05, 3.63) is 29.8 Å². The second-order valence-corrected chi connectivity index (χ2v) is 4.61. The van der Waals surface area contributed by atoms with E-state index in [2.05, 4.69) is 0 Å². The molecule has 0 fully saturated rings. The van der Waals surface area contributed by atoms with Crippen LogP contribution in [0.1, 0.15) is 31.1 Å². The Morgan fingerprint density at radius 3 is 2.53 bits per heavy atom. The monoisotopic (exact) mass is 266 g/mol. The molecule has 1 aromatic carbocycles. The molecule has 1 aromatic rings. The summed E-state index contributed by atoms with van der Waals surface area (Å²) in [7, 11) is 1.61. The molecule has 0 radical (unpaired) electrons. The van der Waals surface area contributed by atoms with Crippen LogP contribution in [0.25, 0.3) is 0 Å². The Morgan fingerprint density at radius 1 is 1.21 bits per heavy atom. The zero-order valence-corrected chi connectivity index (χ0v) is 12.1. The smallest absolute Gasteiger partial charge is 0.197 e. The third-order valence-corrected chi connectivity index (χ3v) is 2.73. The van der Waals surface area contributed by atoms with Crippen LogP contribution in [-0.4, -0.2) is 38.3 Å². The fourth-order valence-electron chi connectivity index (χ4n) is 1.77. The van der Waals surface area contributed by atoms with Crippen LogP contribution in [0.4, 0.5) is 0 Å². The molecule has 19 heavy (non-hydrogen) atoms. The molecule has 0 aliphatic rings. The Labute approximate surface area is 114 Å². The lowest BCUT2D eigenvalue weighted by Gasteiger charge is -2.24. The molecule has 0 spiro atoms. The average molecular weight is 266 g/mol. The number of hydrogen-bond donors (Lipinski definition) is 0. The first kappa shape index (κ1) is 15.7. The molecule has 0 N–H and O–H groups in total. The molecule has 0 atom stereocenters. The minimum Gasteiger partial charge on any atom is -0.490 e. The molecule has 0 heterocycles. The number of ether oxygens (including phenoxy) is 3. The number of ketones is 1. The van der Waals surface area contributed by atoms with E-state index in [4.69, 9.17) is 14.2 Å². The molecule has 0 saturated carbocycles. The molecule has 1 rings (SSSR count). The Morgan fingerprint density at radius 2 is 1.89 bits per heavy atom. The van der Waals surface area contributed by atoms with Gasteiger partial charge in [-0.15, -0.1) is 0 Å². The van der Waals surface area contributed by atoms with Gasteiger partial charge < -0.3 is 14.2 Å². The van der Waals surface area contributed by atoms with E-state index in [9.17, 15) is 4.79 Å². The number of rotatable bonds is 8. The number of benzene rings is 1. The molecule has 0 aliphatic carbocycles. The predicted molar refractivity (Wildman–Crippen MR) is 73.8 cm³/mol. The van der Waals surface area contributed by atoms with E-state index in [0.29, 0.717) is 31.1 Å². The van der Waals surface area contributed by atoms with E-state index in [1.807, 2.05) is 19.1 Å². The molecular formula is C15H22O4. The number of hydrogen-bond acceptors (Lipinski definition) is 4. The van der Waals surface area contributed by atoms with Gasteiger partial charge in [0.15, 0.2) is 5.78 Å². The maximum atomic E-state index is 12.5. The molecule has 0 aliphatic heterocycles. The van der Waals surface area contributed by atoms with Crippen molar-refractivity contribution in [3.8, 4) is 5.75 Å². The number of methoxy groups -OCH3 is 1. The lowest BCUT2D eigenvalue weighted by Crippen LogP contribution is -2.35. The van der Waals surface area contributed by atoms with Crippen LogP contribution in [0.15, 0.2) is 24.3 Å². The Bertz CT molecular complexity index is 412. The van der Waals surface area contributed by atoms with Crippen LogP contribution >= 0.6 is 0 Å². The van der Waals surface area contributed by atoms with Crippen molar-refractivity contribution >= 4 is 5.78 Å². The fraction of sp³-hybridized carbons (Fsp3) is 0.533. The minimum absolute atomic E-state index is 0.0811. The second-order valence-electron chi connectivity index (χ2n) is 4.61. The summed E-state index contributed by atoms with van der Waals surface area (Å²) in [6.45, 7) is 6.80. The number of carbonyl (C=O) groups is 1. The molecule has 4 nitrogen and oxygen atoms in total. The summed E-state index contributed by atoms with van der Waals surface area (Å²) >= 11 is 0. The van der Waals surface area contributed by atoms with Gasteiger partial charge in [-0.2, -0.15) is 0 Å². The largest absolute Gasteiger partial charge is 0.490 e. The number of carbonyl (C=O) groups excluding carboxylic acids is 1. The van der Waals surface area contributed by atoms with E-state index in [0.717, 1.165) is 0 Å². The van der Waals surface area contributed by atoms with Crippen LogP contribution in [0.5, 0.6) is 5.75 Å². The molecular weight excluding hydrogens is 244 g/mol. The van der Waals surface area contributed by atoms with Gasteiger partial charge in [-0.1, -0.05) is 12.1 Å². The highest BCUT2D eigenvalue weighted by molar-refractivity contribution is 6.04. The first-order valence-corrected chi connectivity index (χ1v) is 6.42. The summed E-state index contributed by atoms with van der Waals surface area (Å²) < 4.78 is 16.0. The highest BCUT2D eigenvalue weighted by Gasteiger charge is 2.30. The van der Waals surface area contributed by atoms with Gasteiger partial charge in [0.05, 0.1) is 12.2 Å². The quantitative estimate of drug-likeness (QED) is 0.536. The van der Waals surface area contributed by atoms with Crippen molar-refractivity contribution in [2.24, 2.45) is 0 Å². The van der Waals surface area contributed by atoms with Gasteiger partial charge in [-0.3, -0.25) is 4.79 Å². The fourth-order valence-corrected chi connectivity index (χ4v) is 1.77. The van der Waals surface area contributed by atoms with Gasteiger partial charge in [-0.25, -0.2) is 0 Å². The van der Waals surface area contributed by atoms with Gasteiger partial charge >= 0.3 is 0 Å². The maximum Gasteiger partial charge on any atom is 0.197 e. The van der Waals surface area contributed by atoms with E-state index >= 15 is 0 Å². The Hall–Kier alpha value is -1.39. The van der Waals surface area contributed by atoms with E-state index in [1.54, 1.807) is 33.1 Å². The van der Waals surface area contributed by atoms with Crippen molar-refractivity contribution in [3.63, 3.8) is 0 Å². The molecule has 0 unspecified atom stereocenters. The van der Waals surface area contributed by atoms with Crippen LogP contribution in [0.3, 0.4) is 0 Å². The van der Waals surface area contributed by atoms with Crippen molar-refractivity contribution in [2.45, 2.75) is 26.4 Å². The van der Waals surface area contributed by atoms with Crippen LogP contribution in [0, 0.1) is 0 Å². The molecule has 0 bridgehead atoms. The summed E-state index contributed by atoms with van der Waals surface area (Å²) in [6.07, 6.45) is 0. The summed E-state index contributed by atoms with van der Waals surface area (Å²) in [4.78, 5) is 12.5. The third kappa shape index (κ3) is 4.33. The molecule has 4 heteroatoms. The van der Waals surface area contributed by atoms with Crippen molar-refractivity contribution in [2.75, 3.05) is 26.9 Å². The van der Waals surface area contributed by atoms with E-state index in [1.165, 1.54) is 0 Å². The van der Waals surface area contributed by atoms with Gasteiger partial charge in [0, 0.05) is 13.7 Å². The van der Waals surface area contributed by atoms with E-state index in [-0.39, 0.29) is 5.78 Å². The predicted octanol–water partition coefficient (Wildman–Crippen LogP) is 2.71. The zero-order chi connectivity index (χ0) is 14.3. The maximum absolute atomic E-state index is 12.5. The van der Waals surface area contributed by atoms with Crippen LogP contribution in [-0.2, 0) is 9.47 Å². The van der Waals surface area contributed by atoms with Gasteiger partial charge in [-0.05, 0) is 32.9 Å². The van der Waals surface area contributed by atoms with Gasteiger partial charge in [0.1, 0.15) is 18.0 Å². The summed E-state index contributed by atoms with van der Waals surface area (Å²) in [5.74, 6) is 0.486. The van der Waals surface area contributed by atoms with Crippen molar-refractivity contribution < 1.29 is 19.0 Å². The molecule has 0 aromatic heterocycles. The minimum atomic E-state index is -0.852. The Kier molecular flexibility index (Phi) is 5.99. The normalized spacial score (nSPS) is 11.4. The highest BCUT2D eigenvalue weighted by atomic mass is 16.5. The van der Waals surface area contributed by atoms with Crippen molar-refractivity contribution in [1.82, 2.24) is 0 Å². The molecule has 106 valence electrons. The average Bonchev–Trinajstić information content (AvgIpc) is 2.39. The third-order valence-electron chi connectivity index (χ3n) is 2.73. The second kappa shape index (κ2) is 7.26. The lowest BCUT2D eigenvalue weighted by atomic mass is 9.96. The zero-order valence-electron chi connectivity index (χ0n) is 12.1. The standard InChI is InChI=1S/C15H22O4/c1-5-19-15(2,3)14(16)12-8-6-7-9-13(12)18-11-10-17-4/h6-9H,5,10-11H2,1-4H3. The van der Waals surface area contributed by atoms with Gasteiger partial charge in [0.25, 0.3) is 0 Å². The SMILES string of the molecule is CCOC(C)(C)C(=O)c1ccccc1OCCOC. The molecule has 0 amide bonds. The van der Waals surface area contributed by atoms with E-state index < -0.39 is 5.60 Å². The lowest BCUT2D eigenvalue weighted by molar-refractivity contribution is 0.000974. The van der Waals surface area contributed by atoms with Crippen molar-refractivity contribution in [1.29, 1.82) is 0 Å². The van der Waals surface area contributed by atoms with Crippen LogP contribution in [0.2, 0.25) is 0 Å². The summed E-state index contributed by atoms with van der Waals surface area (Å²) in [5.41, 5.74) is -0.313. The summed E-state index contributed by atoms with van der Waals surface area (Å²) in [6, 6.07) is 7.20. The highest BCUT2D eigenvalue weighted by Crippen LogP contribution is 2.25. The first-order chi connectivity index (χ1) is 9.03. The van der Waals surface area contributed by atoms with Gasteiger partial charge in [0.2, 0.25) is 0 Å². The number of para-hydroxylation sites is 1. The van der Waals surface area contributed by atoms with Crippen LogP contribution < -0.4 is 4.74 Å². The number of Topliss-reactive ketones (excluding diaryl/α,β-unsaturated/α-hetero) is 1. The summed E-state index contributed by atoms with van der Waals surface area (Å²) in [5, 5.41) is 0. The first-order valence-electron chi connectivity index (χ1n) is 6.42. The Balaban J connectivity index is 2.90. The molecule has 0 saturated heterocycles. The topological polar surface area (TPSA) is 44.8 Å².